The fraction of sp³-hybridized carbons (Fsp3) is 0.938. The standard InChI is InChI=1S/C16H32O2/c1-4-5-6-11-14-18-16(17)13-10-8-7-9-12-15(2)3/h15H,4-14H2,1-3H3. The molecule has 0 atom stereocenters. The Morgan fingerprint density at radius 1 is 0.944 bits per heavy atom. The second-order valence-electron chi connectivity index (χ2n) is 5.63. The predicted molar refractivity (Wildman–Crippen MR) is 77.6 cm³/mol. The van der Waals surface area contributed by atoms with Gasteiger partial charge in [-0.3, -0.25) is 4.79 Å². The lowest BCUT2D eigenvalue weighted by atomic mass is 10.0. The largest absolute Gasteiger partial charge is 0.466 e. The lowest BCUT2D eigenvalue weighted by Crippen LogP contribution is -2.05. The summed E-state index contributed by atoms with van der Waals surface area (Å²) in [6, 6.07) is 0. The van der Waals surface area contributed by atoms with E-state index in [2.05, 4.69) is 20.8 Å². The Labute approximate surface area is 113 Å². The van der Waals surface area contributed by atoms with Crippen molar-refractivity contribution >= 4 is 5.97 Å². The zero-order valence-electron chi connectivity index (χ0n) is 12.7. The molecule has 0 radical (unpaired) electrons. The molecule has 0 bridgehead atoms. The summed E-state index contributed by atoms with van der Waals surface area (Å²) in [5.74, 6) is 0.799. The quantitative estimate of drug-likeness (QED) is 0.358. The minimum atomic E-state index is -0.00430. The maximum Gasteiger partial charge on any atom is 0.305 e. The molecule has 0 aliphatic carbocycles. The van der Waals surface area contributed by atoms with Crippen LogP contribution in [0.2, 0.25) is 0 Å². The number of esters is 1. The highest BCUT2D eigenvalue weighted by atomic mass is 16.5. The summed E-state index contributed by atoms with van der Waals surface area (Å²) in [5.41, 5.74) is 0. The number of hydrogen-bond donors (Lipinski definition) is 0. The van der Waals surface area contributed by atoms with Gasteiger partial charge in [0.05, 0.1) is 6.61 Å². The lowest BCUT2D eigenvalue weighted by Gasteiger charge is -2.05. The Morgan fingerprint density at radius 2 is 1.61 bits per heavy atom. The highest BCUT2D eigenvalue weighted by molar-refractivity contribution is 5.69. The molecular formula is C16H32O2. The molecule has 2 heteroatoms. The number of carbonyl (C=O) groups is 1. The van der Waals surface area contributed by atoms with Crippen LogP contribution in [0.25, 0.3) is 0 Å². The van der Waals surface area contributed by atoms with Crippen molar-refractivity contribution in [1.29, 1.82) is 0 Å². The van der Waals surface area contributed by atoms with E-state index in [9.17, 15) is 4.79 Å². The molecule has 0 aromatic heterocycles. The summed E-state index contributed by atoms with van der Waals surface area (Å²) in [6.07, 6.45) is 11.3. The molecule has 0 unspecified atom stereocenters. The van der Waals surface area contributed by atoms with E-state index < -0.39 is 0 Å². The van der Waals surface area contributed by atoms with E-state index in [1.54, 1.807) is 0 Å². The maximum absolute atomic E-state index is 11.4. The first-order chi connectivity index (χ1) is 8.66. The molecule has 0 saturated carbocycles. The average Bonchev–Trinajstić information content (AvgIpc) is 2.33. The molecular weight excluding hydrogens is 224 g/mol. The first-order valence-corrected chi connectivity index (χ1v) is 7.82. The van der Waals surface area contributed by atoms with Crippen LogP contribution in [0.3, 0.4) is 0 Å². The van der Waals surface area contributed by atoms with Gasteiger partial charge in [0.25, 0.3) is 0 Å². The molecule has 0 rings (SSSR count). The van der Waals surface area contributed by atoms with Gasteiger partial charge in [-0.1, -0.05) is 65.7 Å². The van der Waals surface area contributed by atoms with Crippen LogP contribution >= 0.6 is 0 Å². The Hall–Kier alpha value is -0.530. The molecule has 108 valence electrons. The Morgan fingerprint density at radius 3 is 2.28 bits per heavy atom. The van der Waals surface area contributed by atoms with Gasteiger partial charge in [0.1, 0.15) is 0 Å². The summed E-state index contributed by atoms with van der Waals surface area (Å²) in [5, 5.41) is 0. The molecule has 0 amide bonds. The van der Waals surface area contributed by atoms with Gasteiger partial charge in [-0.05, 0) is 18.8 Å². The summed E-state index contributed by atoms with van der Waals surface area (Å²) >= 11 is 0. The molecule has 0 spiro atoms. The van der Waals surface area contributed by atoms with Gasteiger partial charge in [0, 0.05) is 6.42 Å². The van der Waals surface area contributed by atoms with E-state index in [0.29, 0.717) is 13.0 Å². The van der Waals surface area contributed by atoms with Crippen molar-refractivity contribution in [2.75, 3.05) is 6.61 Å². The van der Waals surface area contributed by atoms with Crippen LogP contribution in [0, 0.1) is 5.92 Å². The summed E-state index contributed by atoms with van der Waals surface area (Å²) in [7, 11) is 0. The van der Waals surface area contributed by atoms with Crippen LogP contribution in [0.5, 0.6) is 0 Å². The molecule has 0 aromatic rings. The van der Waals surface area contributed by atoms with Gasteiger partial charge in [-0.25, -0.2) is 0 Å². The van der Waals surface area contributed by atoms with Gasteiger partial charge in [-0.2, -0.15) is 0 Å². The van der Waals surface area contributed by atoms with E-state index in [-0.39, 0.29) is 5.97 Å². The molecule has 0 aromatic carbocycles. The zero-order chi connectivity index (χ0) is 13.6. The third kappa shape index (κ3) is 13.5. The van der Waals surface area contributed by atoms with Gasteiger partial charge in [-0.15, -0.1) is 0 Å². The molecule has 0 heterocycles. The summed E-state index contributed by atoms with van der Waals surface area (Å²) in [6.45, 7) is 7.32. The van der Waals surface area contributed by atoms with Crippen molar-refractivity contribution in [3.05, 3.63) is 0 Å². The van der Waals surface area contributed by atoms with Crippen LogP contribution in [-0.2, 0) is 9.53 Å². The van der Waals surface area contributed by atoms with Crippen LogP contribution in [-0.4, -0.2) is 12.6 Å². The molecule has 0 aliphatic heterocycles. The zero-order valence-corrected chi connectivity index (χ0v) is 12.7. The van der Waals surface area contributed by atoms with Crippen LogP contribution in [0.4, 0.5) is 0 Å². The third-order valence-electron chi connectivity index (χ3n) is 3.17. The van der Waals surface area contributed by atoms with Crippen molar-refractivity contribution in [3.8, 4) is 0 Å². The second kappa shape index (κ2) is 12.9. The predicted octanol–water partition coefficient (Wildman–Crippen LogP) is 5.11. The fourth-order valence-electron chi connectivity index (χ4n) is 1.96. The van der Waals surface area contributed by atoms with Crippen molar-refractivity contribution in [2.45, 2.75) is 85.0 Å². The minimum absolute atomic E-state index is 0.00430. The number of carbonyl (C=O) groups excluding carboxylic acids is 1. The van der Waals surface area contributed by atoms with E-state index in [1.165, 1.54) is 38.5 Å². The average molecular weight is 256 g/mol. The van der Waals surface area contributed by atoms with E-state index in [4.69, 9.17) is 4.74 Å². The summed E-state index contributed by atoms with van der Waals surface area (Å²) in [4.78, 5) is 11.4. The smallest absolute Gasteiger partial charge is 0.305 e. The Bertz CT molecular complexity index is 188. The van der Waals surface area contributed by atoms with E-state index in [1.807, 2.05) is 0 Å². The van der Waals surface area contributed by atoms with Crippen LogP contribution < -0.4 is 0 Å². The molecule has 0 fully saturated rings. The Kier molecular flexibility index (Phi) is 12.5. The molecule has 2 nitrogen and oxygen atoms in total. The van der Waals surface area contributed by atoms with Crippen LogP contribution in [0.1, 0.15) is 85.0 Å². The number of hydrogen-bond acceptors (Lipinski definition) is 2. The van der Waals surface area contributed by atoms with E-state index >= 15 is 0 Å². The summed E-state index contributed by atoms with van der Waals surface area (Å²) < 4.78 is 5.19. The SMILES string of the molecule is CCCCCCOC(=O)CCCCCCC(C)C. The van der Waals surface area contributed by atoms with Crippen molar-refractivity contribution < 1.29 is 9.53 Å². The first kappa shape index (κ1) is 17.5. The van der Waals surface area contributed by atoms with Gasteiger partial charge in [0.15, 0.2) is 0 Å². The maximum atomic E-state index is 11.4. The fourth-order valence-corrected chi connectivity index (χ4v) is 1.96. The monoisotopic (exact) mass is 256 g/mol. The Balaban J connectivity index is 3.17. The van der Waals surface area contributed by atoms with Crippen LogP contribution in [0.15, 0.2) is 0 Å². The van der Waals surface area contributed by atoms with Crippen molar-refractivity contribution in [3.63, 3.8) is 0 Å². The van der Waals surface area contributed by atoms with E-state index in [0.717, 1.165) is 25.2 Å². The highest BCUT2D eigenvalue weighted by Gasteiger charge is 2.02. The number of ether oxygens (including phenoxy) is 1. The van der Waals surface area contributed by atoms with Crippen molar-refractivity contribution in [2.24, 2.45) is 5.92 Å². The van der Waals surface area contributed by atoms with Crippen molar-refractivity contribution in [1.82, 2.24) is 0 Å². The molecule has 18 heavy (non-hydrogen) atoms. The second-order valence-corrected chi connectivity index (χ2v) is 5.63. The van der Waals surface area contributed by atoms with Gasteiger partial charge in [0.2, 0.25) is 0 Å². The third-order valence-corrected chi connectivity index (χ3v) is 3.17. The number of rotatable bonds is 12. The minimum Gasteiger partial charge on any atom is -0.466 e. The highest BCUT2D eigenvalue weighted by Crippen LogP contribution is 2.10. The normalized spacial score (nSPS) is 10.9. The molecule has 0 N–H and O–H groups in total. The number of unbranched alkanes of at least 4 members (excludes halogenated alkanes) is 6. The molecule has 0 saturated heterocycles. The van der Waals surface area contributed by atoms with Gasteiger partial charge >= 0.3 is 5.97 Å². The topological polar surface area (TPSA) is 26.3 Å². The van der Waals surface area contributed by atoms with Gasteiger partial charge < -0.3 is 4.74 Å². The molecule has 0 aliphatic rings. The lowest BCUT2D eigenvalue weighted by molar-refractivity contribution is -0.143. The first-order valence-electron chi connectivity index (χ1n) is 7.82.